The van der Waals surface area contributed by atoms with Crippen molar-refractivity contribution < 1.29 is 4.74 Å². The first-order chi connectivity index (χ1) is 10.6. The van der Waals surface area contributed by atoms with Gasteiger partial charge in [0, 0.05) is 22.9 Å². The monoisotopic (exact) mass is 329 g/mol. The Bertz CT molecular complexity index is 811. The van der Waals surface area contributed by atoms with Crippen molar-refractivity contribution in [1.29, 1.82) is 0 Å². The van der Waals surface area contributed by atoms with Crippen molar-refractivity contribution in [2.45, 2.75) is 34.2 Å². The van der Waals surface area contributed by atoms with Gasteiger partial charge in [-0.15, -0.1) is 11.3 Å². The van der Waals surface area contributed by atoms with Gasteiger partial charge in [0.1, 0.15) is 11.4 Å². The number of benzene rings is 1. The lowest BCUT2D eigenvalue weighted by molar-refractivity contribution is 0.415. The number of thiazole rings is 1. The number of fused-ring (bicyclic) bond motifs is 1. The van der Waals surface area contributed by atoms with Gasteiger partial charge in [0.05, 0.1) is 18.3 Å². The van der Waals surface area contributed by atoms with Gasteiger partial charge in [-0.3, -0.25) is 0 Å². The number of ether oxygens (including phenoxy) is 1. The van der Waals surface area contributed by atoms with Crippen LogP contribution in [0.3, 0.4) is 0 Å². The minimum atomic E-state index is 0. The molecule has 2 aromatic heterocycles. The van der Waals surface area contributed by atoms with E-state index in [-0.39, 0.29) is 7.43 Å². The quantitative estimate of drug-likeness (QED) is 0.720. The van der Waals surface area contributed by atoms with Crippen molar-refractivity contribution in [3.05, 3.63) is 35.2 Å². The van der Waals surface area contributed by atoms with Crippen LogP contribution in [-0.2, 0) is 0 Å². The van der Waals surface area contributed by atoms with Crippen molar-refractivity contribution >= 4 is 27.4 Å². The van der Waals surface area contributed by atoms with E-state index in [0.717, 1.165) is 33.2 Å². The van der Waals surface area contributed by atoms with E-state index in [4.69, 9.17) is 9.72 Å². The maximum absolute atomic E-state index is 5.29. The Morgan fingerprint density at radius 3 is 2.61 bits per heavy atom. The third-order valence-corrected chi connectivity index (χ3v) is 4.18. The number of hydrogen-bond donors (Lipinski definition) is 1. The molecular weight excluding hydrogens is 306 g/mol. The van der Waals surface area contributed by atoms with E-state index < -0.39 is 0 Å². The summed E-state index contributed by atoms with van der Waals surface area (Å²) in [6, 6.07) is 8.43. The van der Waals surface area contributed by atoms with Gasteiger partial charge in [-0.25, -0.2) is 9.97 Å². The highest BCUT2D eigenvalue weighted by Crippen LogP contribution is 2.29. The summed E-state index contributed by atoms with van der Waals surface area (Å²) in [5.74, 6) is 0.817. The lowest BCUT2D eigenvalue weighted by atomic mass is 10.1. The van der Waals surface area contributed by atoms with Crippen LogP contribution in [0, 0.1) is 6.92 Å². The van der Waals surface area contributed by atoms with E-state index in [1.807, 2.05) is 23.6 Å². The van der Waals surface area contributed by atoms with Crippen molar-refractivity contribution in [1.82, 2.24) is 9.97 Å². The Kier molecular flexibility index (Phi) is 5.21. The van der Waals surface area contributed by atoms with Gasteiger partial charge in [-0.1, -0.05) is 7.43 Å². The number of hydrogen-bond acceptors (Lipinski definition) is 5. The molecule has 2 heterocycles. The second-order valence-corrected chi connectivity index (χ2v) is 6.40. The summed E-state index contributed by atoms with van der Waals surface area (Å²) >= 11 is 1.60. The molecule has 4 nitrogen and oxygen atoms in total. The molecule has 0 saturated heterocycles. The van der Waals surface area contributed by atoms with Gasteiger partial charge in [0.25, 0.3) is 0 Å². The molecule has 5 heteroatoms. The number of methoxy groups -OCH3 is 1. The first-order valence-electron chi connectivity index (χ1n) is 7.24. The molecule has 0 spiro atoms. The van der Waals surface area contributed by atoms with Crippen LogP contribution < -0.4 is 10.1 Å². The van der Waals surface area contributed by atoms with Crippen LogP contribution in [0.5, 0.6) is 5.75 Å². The van der Waals surface area contributed by atoms with E-state index in [9.17, 15) is 0 Å². The molecule has 0 fully saturated rings. The number of nitrogens with one attached hydrogen (secondary N) is 1. The molecule has 0 unspecified atom stereocenters. The largest absolute Gasteiger partial charge is 0.497 e. The number of rotatable bonds is 4. The molecule has 1 N–H and O–H groups in total. The van der Waals surface area contributed by atoms with Gasteiger partial charge in [-0.05, 0) is 44.5 Å². The van der Waals surface area contributed by atoms with Crippen molar-refractivity contribution in [3.63, 3.8) is 0 Å². The molecule has 0 aliphatic carbocycles. The molecule has 0 aliphatic rings. The molecule has 0 atom stereocenters. The molecule has 0 saturated carbocycles. The summed E-state index contributed by atoms with van der Waals surface area (Å²) in [5.41, 5.74) is 3.92. The smallest absolute Gasteiger partial charge is 0.183 e. The maximum Gasteiger partial charge on any atom is 0.183 e. The third kappa shape index (κ3) is 3.62. The molecule has 0 bridgehead atoms. The average Bonchev–Trinajstić information content (AvgIpc) is 2.94. The molecule has 3 rings (SSSR count). The fourth-order valence-electron chi connectivity index (χ4n) is 2.35. The minimum Gasteiger partial charge on any atom is -0.497 e. The SMILES string of the molecule is C.COc1ccc2c(C)cc(-c3csc(NC(C)C)n3)nc2c1. The summed E-state index contributed by atoms with van der Waals surface area (Å²) < 4.78 is 5.29. The molecule has 0 radical (unpaired) electrons. The molecule has 1 aromatic carbocycles. The molecular formula is C18H23N3OS. The number of anilines is 1. The Morgan fingerprint density at radius 1 is 1.13 bits per heavy atom. The zero-order chi connectivity index (χ0) is 15.7. The predicted molar refractivity (Wildman–Crippen MR) is 99.6 cm³/mol. The minimum absolute atomic E-state index is 0. The first kappa shape index (κ1) is 17.2. The lowest BCUT2D eigenvalue weighted by Gasteiger charge is -2.07. The van der Waals surface area contributed by atoms with E-state index in [0.29, 0.717) is 6.04 Å². The number of aryl methyl sites for hydroxylation is 1. The van der Waals surface area contributed by atoms with E-state index in [1.54, 1.807) is 18.4 Å². The second-order valence-electron chi connectivity index (χ2n) is 5.54. The highest BCUT2D eigenvalue weighted by molar-refractivity contribution is 7.14. The van der Waals surface area contributed by atoms with Crippen LogP contribution >= 0.6 is 11.3 Å². The van der Waals surface area contributed by atoms with E-state index >= 15 is 0 Å². The molecule has 0 aliphatic heterocycles. The van der Waals surface area contributed by atoms with Gasteiger partial charge < -0.3 is 10.1 Å². The van der Waals surface area contributed by atoms with Crippen molar-refractivity contribution in [3.8, 4) is 17.1 Å². The number of nitrogens with zero attached hydrogens (tertiary/aromatic N) is 2. The summed E-state index contributed by atoms with van der Waals surface area (Å²) in [6.45, 7) is 6.30. The Hall–Kier alpha value is -2.14. The summed E-state index contributed by atoms with van der Waals surface area (Å²) in [4.78, 5) is 9.37. The fourth-order valence-corrected chi connectivity index (χ4v) is 3.20. The number of aromatic nitrogens is 2. The zero-order valence-corrected chi connectivity index (χ0v) is 14.0. The van der Waals surface area contributed by atoms with Crippen LogP contribution in [0.4, 0.5) is 5.13 Å². The predicted octanol–water partition coefficient (Wildman–Crippen LogP) is 5.13. The standard InChI is InChI=1S/C17H19N3OS.CH4/c1-10(2)18-17-20-16(9-22-17)15-7-11(3)13-6-5-12(21-4)8-14(13)19-15;/h5-10H,1-4H3,(H,18,20);1H4. The van der Waals surface area contributed by atoms with E-state index in [2.05, 4.69) is 37.1 Å². The summed E-state index contributed by atoms with van der Waals surface area (Å²) in [5, 5.41) is 7.43. The Balaban J connectivity index is 0.00000192. The average molecular weight is 329 g/mol. The molecule has 0 amide bonds. The highest BCUT2D eigenvalue weighted by atomic mass is 32.1. The summed E-state index contributed by atoms with van der Waals surface area (Å²) in [7, 11) is 1.67. The van der Waals surface area contributed by atoms with Gasteiger partial charge in [0.15, 0.2) is 5.13 Å². The molecule has 122 valence electrons. The Labute approximate surface area is 141 Å². The van der Waals surface area contributed by atoms with Crippen LogP contribution in [0.2, 0.25) is 0 Å². The van der Waals surface area contributed by atoms with Crippen molar-refractivity contribution in [2.75, 3.05) is 12.4 Å². The zero-order valence-electron chi connectivity index (χ0n) is 13.2. The first-order valence-corrected chi connectivity index (χ1v) is 8.12. The normalized spacial score (nSPS) is 10.7. The topological polar surface area (TPSA) is 47.0 Å². The van der Waals surface area contributed by atoms with E-state index in [1.165, 1.54) is 5.56 Å². The number of pyridine rings is 1. The third-order valence-electron chi connectivity index (χ3n) is 3.40. The molecule has 23 heavy (non-hydrogen) atoms. The molecule has 3 aromatic rings. The van der Waals surface area contributed by atoms with Crippen LogP contribution in [0.15, 0.2) is 29.6 Å². The van der Waals surface area contributed by atoms with Gasteiger partial charge in [-0.2, -0.15) is 0 Å². The van der Waals surface area contributed by atoms with Crippen LogP contribution in [-0.4, -0.2) is 23.1 Å². The summed E-state index contributed by atoms with van der Waals surface area (Å²) in [6.07, 6.45) is 0. The van der Waals surface area contributed by atoms with Crippen molar-refractivity contribution in [2.24, 2.45) is 0 Å². The van der Waals surface area contributed by atoms with Gasteiger partial charge in [0.2, 0.25) is 0 Å². The maximum atomic E-state index is 5.29. The fraction of sp³-hybridized carbons (Fsp3) is 0.333. The second kappa shape index (κ2) is 6.96. The van der Waals surface area contributed by atoms with Crippen LogP contribution in [0.25, 0.3) is 22.3 Å². The lowest BCUT2D eigenvalue weighted by Crippen LogP contribution is -2.09. The van der Waals surface area contributed by atoms with Gasteiger partial charge >= 0.3 is 0 Å². The highest BCUT2D eigenvalue weighted by Gasteiger charge is 2.10. The van der Waals surface area contributed by atoms with Crippen LogP contribution in [0.1, 0.15) is 26.8 Å². The Morgan fingerprint density at radius 2 is 1.91 bits per heavy atom.